The minimum absolute atomic E-state index is 0.0761. The predicted octanol–water partition coefficient (Wildman–Crippen LogP) is 0.802. The van der Waals surface area contributed by atoms with E-state index in [4.69, 9.17) is 0 Å². The van der Waals surface area contributed by atoms with Crippen LogP contribution in [-0.4, -0.2) is 56.4 Å². The standard InChI is InChI=1S/C18H22N6O3/c25-15(12-24-14-7-2-1-6-13(14)21-22-24)19-10-5-11-23-16(26)18(20-17(23)27)8-3-4-9-18/h1-2,6-7H,3-5,8-12H2,(H,19,25)(H,20,27). The van der Waals surface area contributed by atoms with Crippen LogP contribution in [0.3, 0.4) is 0 Å². The van der Waals surface area contributed by atoms with E-state index in [1.165, 1.54) is 4.90 Å². The highest BCUT2D eigenvalue weighted by Gasteiger charge is 2.51. The summed E-state index contributed by atoms with van der Waals surface area (Å²) in [7, 11) is 0. The lowest BCUT2D eigenvalue weighted by Gasteiger charge is -2.20. The highest BCUT2D eigenvalue weighted by Crippen LogP contribution is 2.34. The summed E-state index contributed by atoms with van der Waals surface area (Å²) in [6.45, 7) is 0.765. The molecule has 0 bridgehead atoms. The first-order chi connectivity index (χ1) is 13.1. The number of nitrogens with zero attached hydrogens (tertiary/aromatic N) is 4. The van der Waals surface area contributed by atoms with Gasteiger partial charge < -0.3 is 10.6 Å². The topological polar surface area (TPSA) is 109 Å². The van der Waals surface area contributed by atoms with Gasteiger partial charge in [0.15, 0.2) is 0 Å². The molecule has 4 rings (SSSR count). The Morgan fingerprint density at radius 2 is 2.00 bits per heavy atom. The second kappa shape index (κ2) is 6.98. The fraction of sp³-hybridized carbons (Fsp3) is 0.500. The van der Waals surface area contributed by atoms with Gasteiger partial charge in [0, 0.05) is 13.1 Å². The third kappa shape index (κ3) is 3.24. The van der Waals surface area contributed by atoms with Crippen LogP contribution >= 0.6 is 0 Å². The Morgan fingerprint density at radius 3 is 2.81 bits per heavy atom. The van der Waals surface area contributed by atoms with Crippen molar-refractivity contribution in [3.05, 3.63) is 24.3 Å². The zero-order chi connectivity index (χ0) is 18.9. The van der Waals surface area contributed by atoms with Gasteiger partial charge in [-0.1, -0.05) is 30.2 Å². The summed E-state index contributed by atoms with van der Waals surface area (Å²) in [5.74, 6) is -0.305. The molecule has 2 aliphatic rings. The maximum Gasteiger partial charge on any atom is 0.325 e. The Kier molecular flexibility index (Phi) is 4.51. The van der Waals surface area contributed by atoms with Crippen LogP contribution in [-0.2, 0) is 16.1 Å². The number of aromatic nitrogens is 3. The van der Waals surface area contributed by atoms with E-state index in [1.54, 1.807) is 4.68 Å². The number of hydrogen-bond donors (Lipinski definition) is 2. The highest BCUT2D eigenvalue weighted by molar-refractivity contribution is 6.07. The number of carbonyl (C=O) groups is 3. The third-order valence-corrected chi connectivity index (χ3v) is 5.30. The zero-order valence-corrected chi connectivity index (χ0v) is 15.0. The second-order valence-electron chi connectivity index (χ2n) is 7.12. The molecule has 2 N–H and O–H groups in total. The van der Waals surface area contributed by atoms with Crippen LogP contribution < -0.4 is 10.6 Å². The van der Waals surface area contributed by atoms with E-state index in [9.17, 15) is 14.4 Å². The number of hydrogen-bond acceptors (Lipinski definition) is 5. The van der Waals surface area contributed by atoms with Gasteiger partial charge in [0.2, 0.25) is 5.91 Å². The average Bonchev–Trinajstić information content (AvgIpc) is 3.34. The van der Waals surface area contributed by atoms with Gasteiger partial charge in [-0.05, 0) is 31.4 Å². The molecular weight excluding hydrogens is 348 g/mol. The molecule has 27 heavy (non-hydrogen) atoms. The van der Waals surface area contributed by atoms with Crippen molar-refractivity contribution < 1.29 is 14.4 Å². The van der Waals surface area contributed by atoms with Gasteiger partial charge in [-0.2, -0.15) is 0 Å². The lowest BCUT2D eigenvalue weighted by Crippen LogP contribution is -2.44. The molecule has 0 radical (unpaired) electrons. The Labute approximate surface area is 156 Å². The van der Waals surface area contributed by atoms with E-state index < -0.39 is 5.54 Å². The second-order valence-corrected chi connectivity index (χ2v) is 7.12. The molecule has 9 nitrogen and oxygen atoms in total. The number of imide groups is 1. The van der Waals surface area contributed by atoms with E-state index in [0.29, 0.717) is 19.5 Å². The van der Waals surface area contributed by atoms with Crippen molar-refractivity contribution in [2.75, 3.05) is 13.1 Å². The first-order valence-electron chi connectivity index (χ1n) is 9.28. The number of amides is 4. The molecule has 142 valence electrons. The first kappa shape index (κ1) is 17.4. The van der Waals surface area contributed by atoms with E-state index in [2.05, 4.69) is 20.9 Å². The van der Waals surface area contributed by atoms with Crippen molar-refractivity contribution >= 4 is 28.9 Å². The molecule has 1 aliphatic carbocycles. The number of para-hydroxylation sites is 1. The number of carbonyl (C=O) groups excluding carboxylic acids is 3. The molecule has 9 heteroatoms. The maximum absolute atomic E-state index is 12.5. The molecule has 2 fully saturated rings. The quantitative estimate of drug-likeness (QED) is 0.577. The molecule has 0 atom stereocenters. The molecule has 1 aromatic heterocycles. The predicted molar refractivity (Wildman–Crippen MR) is 96.6 cm³/mol. The summed E-state index contributed by atoms with van der Waals surface area (Å²) in [5, 5.41) is 13.7. The smallest absolute Gasteiger partial charge is 0.325 e. The summed E-state index contributed by atoms with van der Waals surface area (Å²) in [6.07, 6.45) is 3.88. The molecule has 1 aromatic carbocycles. The maximum atomic E-state index is 12.5. The molecular formula is C18H22N6O3. The highest BCUT2D eigenvalue weighted by atomic mass is 16.2. The van der Waals surface area contributed by atoms with Crippen molar-refractivity contribution in [2.24, 2.45) is 0 Å². The van der Waals surface area contributed by atoms with Crippen LogP contribution in [0.5, 0.6) is 0 Å². The third-order valence-electron chi connectivity index (χ3n) is 5.30. The van der Waals surface area contributed by atoms with Crippen molar-refractivity contribution in [3.63, 3.8) is 0 Å². The van der Waals surface area contributed by atoms with E-state index in [1.807, 2.05) is 24.3 Å². The number of fused-ring (bicyclic) bond motifs is 1. The summed E-state index contributed by atoms with van der Waals surface area (Å²) in [5.41, 5.74) is 0.868. The summed E-state index contributed by atoms with van der Waals surface area (Å²) < 4.78 is 1.55. The van der Waals surface area contributed by atoms with Crippen LogP contribution in [0.1, 0.15) is 32.1 Å². The summed E-state index contributed by atoms with van der Waals surface area (Å²) in [4.78, 5) is 38.0. The molecule has 4 amide bonds. The van der Waals surface area contributed by atoms with Crippen LogP contribution in [0.15, 0.2) is 24.3 Å². The first-order valence-corrected chi connectivity index (χ1v) is 9.28. The minimum Gasteiger partial charge on any atom is -0.354 e. The van der Waals surface area contributed by atoms with Gasteiger partial charge in [-0.25, -0.2) is 9.48 Å². The normalized spacial score (nSPS) is 18.4. The van der Waals surface area contributed by atoms with Crippen LogP contribution in [0, 0.1) is 0 Å². The molecule has 2 aromatic rings. The Bertz CT molecular complexity index is 886. The minimum atomic E-state index is -0.672. The molecule has 1 spiro atoms. The Morgan fingerprint density at radius 1 is 1.22 bits per heavy atom. The zero-order valence-electron chi connectivity index (χ0n) is 15.0. The van der Waals surface area contributed by atoms with E-state index >= 15 is 0 Å². The molecule has 0 unspecified atom stereocenters. The summed E-state index contributed by atoms with van der Waals surface area (Å²) >= 11 is 0. The van der Waals surface area contributed by atoms with Crippen molar-refractivity contribution in [1.82, 2.24) is 30.5 Å². The van der Waals surface area contributed by atoms with E-state index in [-0.39, 0.29) is 24.4 Å². The van der Waals surface area contributed by atoms with Gasteiger partial charge in [-0.3, -0.25) is 14.5 Å². The van der Waals surface area contributed by atoms with Gasteiger partial charge in [0.1, 0.15) is 17.6 Å². The average molecular weight is 370 g/mol. The van der Waals surface area contributed by atoms with Crippen molar-refractivity contribution in [1.29, 1.82) is 0 Å². The van der Waals surface area contributed by atoms with Crippen LogP contribution in [0.2, 0.25) is 0 Å². The lowest BCUT2D eigenvalue weighted by molar-refractivity contribution is -0.131. The van der Waals surface area contributed by atoms with Gasteiger partial charge in [0.05, 0.1) is 5.52 Å². The van der Waals surface area contributed by atoms with Crippen LogP contribution in [0.4, 0.5) is 4.79 Å². The van der Waals surface area contributed by atoms with Gasteiger partial charge in [0.25, 0.3) is 5.91 Å². The van der Waals surface area contributed by atoms with Gasteiger partial charge >= 0.3 is 6.03 Å². The van der Waals surface area contributed by atoms with Crippen molar-refractivity contribution in [2.45, 2.75) is 44.2 Å². The Balaban J connectivity index is 1.25. The van der Waals surface area contributed by atoms with Crippen LogP contribution in [0.25, 0.3) is 11.0 Å². The molecule has 1 aliphatic heterocycles. The summed E-state index contributed by atoms with van der Waals surface area (Å²) in [6, 6.07) is 7.12. The fourth-order valence-corrected chi connectivity index (χ4v) is 3.89. The van der Waals surface area contributed by atoms with Gasteiger partial charge in [-0.15, -0.1) is 5.10 Å². The van der Waals surface area contributed by atoms with Crippen molar-refractivity contribution in [3.8, 4) is 0 Å². The monoisotopic (exact) mass is 370 g/mol. The number of urea groups is 1. The molecule has 1 saturated carbocycles. The Hall–Kier alpha value is -2.97. The number of nitrogens with one attached hydrogen (secondary N) is 2. The molecule has 1 saturated heterocycles. The number of benzene rings is 1. The SMILES string of the molecule is O=C(Cn1nnc2ccccc21)NCCCN1C(=O)NC2(CCCC2)C1=O. The lowest BCUT2D eigenvalue weighted by atomic mass is 9.98. The molecule has 2 heterocycles. The number of rotatable bonds is 6. The largest absolute Gasteiger partial charge is 0.354 e. The van der Waals surface area contributed by atoms with E-state index in [0.717, 1.165) is 36.7 Å². The fourth-order valence-electron chi connectivity index (χ4n) is 3.89.